The first kappa shape index (κ1) is 79.4. The van der Waals surface area contributed by atoms with Gasteiger partial charge < -0.3 is 27.1 Å². The molecule has 0 fully saturated rings. The van der Waals surface area contributed by atoms with Crippen LogP contribution in [0.2, 0.25) is 0 Å². The van der Waals surface area contributed by atoms with E-state index >= 15 is 0 Å². The molecule has 6 heteroatoms. The Morgan fingerprint density at radius 2 is 0.362 bits per heavy atom. The summed E-state index contributed by atoms with van der Waals surface area (Å²) in [5.74, 6) is 0. The number of fused-ring (bicyclic) bond motifs is 18. The molecule has 6 heterocycles. The topological polar surface area (TPSA) is 46.0 Å². The first-order valence-electron chi connectivity index (χ1n) is 47.3. The fourth-order valence-corrected chi connectivity index (χ4v) is 21.6. The second kappa shape index (κ2) is 32.8. The van der Waals surface area contributed by atoms with Crippen molar-refractivity contribution in [2.24, 2.45) is 0 Å². The molecule has 0 atom stereocenters. The highest BCUT2D eigenvalue weighted by Gasteiger charge is 2.25. The number of hydrogen-bond donors (Lipinski definition) is 0. The van der Waals surface area contributed by atoms with Crippen molar-refractivity contribution in [3.8, 4) is 134 Å². The normalized spacial score (nSPS) is 11.8. The molecule has 28 aromatic rings. The third-order valence-corrected chi connectivity index (χ3v) is 28.2. The van der Waals surface area contributed by atoms with E-state index in [4.69, 9.17) is 8.83 Å². The SMILES string of the molecule is c1ccc(-c2cc(-c3ccccc3)cc(-c3cccc(-n4c5ccc(-c6ccccc6)cc5c5cc(-c6ccc7c(c6)c6ccccc6n7-c6ccc7oc8ccccc8c7c6)ccc54)c3)c2)cc1.c1ccc(-c2cc(-c3ccccc3)cc(-c3cccc(-n4c5ccc(-c6ccccc6)cc5c5cc(-c6ccc7c(c6)c6ccccc6n7-c6cccc7c6oc6ccccc67)ccc54)c3)c2)cc1. The fourth-order valence-electron chi connectivity index (χ4n) is 21.6. The Labute approximate surface area is 796 Å². The Kier molecular flexibility index (Phi) is 18.9. The van der Waals surface area contributed by atoms with Crippen molar-refractivity contribution in [2.75, 3.05) is 0 Å². The van der Waals surface area contributed by atoms with E-state index in [1.54, 1.807) is 0 Å². The Morgan fingerprint density at radius 3 is 0.746 bits per heavy atom. The molecule has 0 amide bonds. The van der Waals surface area contributed by atoms with Crippen LogP contribution in [-0.4, -0.2) is 18.3 Å². The molecule has 22 aromatic carbocycles. The van der Waals surface area contributed by atoms with Crippen LogP contribution in [0.25, 0.3) is 265 Å². The second-order valence-corrected chi connectivity index (χ2v) is 36.2. The van der Waals surface area contributed by atoms with Gasteiger partial charge in [-0.1, -0.05) is 328 Å². The molecule has 644 valence electrons. The van der Waals surface area contributed by atoms with Gasteiger partial charge in [-0.3, -0.25) is 0 Å². The van der Waals surface area contributed by atoms with E-state index in [0.29, 0.717) is 0 Å². The molecule has 0 unspecified atom stereocenters. The number of hydrogen-bond acceptors (Lipinski definition) is 2. The molecule has 0 aliphatic rings. The minimum atomic E-state index is 0.894. The number of nitrogens with zero attached hydrogens (tertiary/aromatic N) is 4. The van der Waals surface area contributed by atoms with Gasteiger partial charge in [0.05, 0.1) is 49.8 Å². The zero-order valence-electron chi connectivity index (χ0n) is 75.1. The van der Waals surface area contributed by atoms with E-state index in [0.717, 1.165) is 83.2 Å². The fraction of sp³-hybridized carbons (Fsp3) is 0. The van der Waals surface area contributed by atoms with Crippen molar-refractivity contribution < 1.29 is 8.83 Å². The summed E-state index contributed by atoms with van der Waals surface area (Å²) in [6, 6.07) is 185. The van der Waals surface area contributed by atoms with Crippen molar-refractivity contribution in [2.45, 2.75) is 0 Å². The monoisotopic (exact) mass is 1760 g/mol. The van der Waals surface area contributed by atoms with Gasteiger partial charge in [0.15, 0.2) is 5.58 Å². The summed E-state index contributed by atoms with van der Waals surface area (Å²) in [5, 5.41) is 14.2. The molecule has 0 aliphatic carbocycles. The average molecular weight is 1760 g/mol. The predicted molar refractivity (Wildman–Crippen MR) is 579 cm³/mol. The number of rotatable bonds is 14. The lowest BCUT2D eigenvalue weighted by Gasteiger charge is -2.14. The molecule has 138 heavy (non-hydrogen) atoms. The summed E-state index contributed by atoms with van der Waals surface area (Å²) in [4.78, 5) is 0. The van der Waals surface area contributed by atoms with Crippen molar-refractivity contribution >= 4 is 131 Å². The van der Waals surface area contributed by atoms with Gasteiger partial charge in [-0.2, -0.15) is 0 Å². The molecule has 6 aromatic heterocycles. The lowest BCUT2D eigenvalue weighted by molar-refractivity contribution is 0.666. The third-order valence-electron chi connectivity index (χ3n) is 28.2. The van der Waals surface area contributed by atoms with E-state index in [1.807, 2.05) is 18.2 Å². The van der Waals surface area contributed by atoms with Crippen LogP contribution >= 0.6 is 0 Å². The summed E-state index contributed by atoms with van der Waals surface area (Å²) < 4.78 is 22.5. The average Bonchev–Trinajstić information content (AvgIpc) is 1.58. The Morgan fingerprint density at radius 1 is 0.116 bits per heavy atom. The van der Waals surface area contributed by atoms with E-state index in [9.17, 15) is 0 Å². The maximum atomic E-state index is 6.59. The Balaban J connectivity index is 0.000000139. The predicted octanol–water partition coefficient (Wildman–Crippen LogP) is 36.2. The molecule has 0 aliphatic heterocycles. The molecule has 0 N–H and O–H groups in total. The van der Waals surface area contributed by atoms with Gasteiger partial charge in [0, 0.05) is 81.7 Å². The smallest absolute Gasteiger partial charge is 0.159 e. The highest BCUT2D eigenvalue weighted by Crippen LogP contribution is 2.47. The lowest BCUT2D eigenvalue weighted by Crippen LogP contribution is -1.95. The van der Waals surface area contributed by atoms with Crippen LogP contribution in [0.15, 0.2) is 518 Å². The van der Waals surface area contributed by atoms with Gasteiger partial charge in [-0.25, -0.2) is 0 Å². The highest BCUT2D eigenvalue weighted by atomic mass is 16.3. The van der Waals surface area contributed by atoms with Gasteiger partial charge in [-0.15, -0.1) is 0 Å². The molecule has 0 bridgehead atoms. The molecular weight excluding hydrogens is 1670 g/mol. The van der Waals surface area contributed by atoms with Gasteiger partial charge in [-0.05, 0) is 293 Å². The quantitative estimate of drug-likeness (QED) is 0.109. The molecule has 28 rings (SSSR count). The summed E-state index contributed by atoms with van der Waals surface area (Å²) in [7, 11) is 0. The zero-order valence-corrected chi connectivity index (χ0v) is 75.1. The van der Waals surface area contributed by atoms with Crippen LogP contribution < -0.4 is 0 Å². The minimum absolute atomic E-state index is 0.894. The molecule has 0 radical (unpaired) electrons. The third kappa shape index (κ3) is 13.6. The Hall–Kier alpha value is -18.4. The molecule has 0 saturated carbocycles. The van der Waals surface area contributed by atoms with Crippen LogP contribution in [0.3, 0.4) is 0 Å². The Bertz CT molecular complexity index is 9570. The molecule has 0 spiro atoms. The number of furan rings is 2. The maximum absolute atomic E-state index is 6.59. The summed E-state index contributed by atoms with van der Waals surface area (Å²) >= 11 is 0. The summed E-state index contributed by atoms with van der Waals surface area (Å²) in [6.07, 6.45) is 0. The van der Waals surface area contributed by atoms with Crippen LogP contribution in [0.1, 0.15) is 0 Å². The first-order valence-corrected chi connectivity index (χ1v) is 47.3. The van der Waals surface area contributed by atoms with Gasteiger partial charge in [0.1, 0.15) is 16.7 Å². The highest BCUT2D eigenvalue weighted by molar-refractivity contribution is 6.18. The van der Waals surface area contributed by atoms with Gasteiger partial charge in [0.2, 0.25) is 0 Å². The zero-order chi connectivity index (χ0) is 90.8. The van der Waals surface area contributed by atoms with Crippen LogP contribution in [0.5, 0.6) is 0 Å². The molecular formula is C132H84N4O2. The molecule has 6 nitrogen and oxygen atoms in total. The standard InChI is InChI=1S/2C66H42N2O/c1-4-16-43(17-5-1)47-30-33-61-58(40-47)59-42-49(48-32-35-63-57(41-48)54-24-10-12-27-60(54)68(63)64-28-15-26-56-55-25-11-13-29-65(55)69-66(56)64)31-34-62(59)67(61)53-23-14-22-46(39-53)52-37-50(44-18-6-2-7-19-44)36-51(38-52)45-20-8-3-9-21-45;1-4-15-43(16-5-1)47-27-31-63-58(39-47)59-41-49(48-28-32-62-57(40-48)55-23-10-12-25-61(55)68(62)54-30-34-66-60(42-54)56-24-11-13-26-65(56)69-66)29-33-64(59)67(63)53-22-14-21-46(38-53)52-36-50(44-17-6-2-7-18-44)35-51(37-52)45-19-8-3-9-20-45/h2*1-42H. The van der Waals surface area contributed by atoms with E-state index in [2.05, 4.69) is 510 Å². The van der Waals surface area contributed by atoms with E-state index in [-0.39, 0.29) is 0 Å². The second-order valence-electron chi connectivity index (χ2n) is 36.2. The van der Waals surface area contributed by atoms with Gasteiger partial charge >= 0.3 is 0 Å². The van der Waals surface area contributed by atoms with E-state index in [1.165, 1.54) is 182 Å². The van der Waals surface area contributed by atoms with E-state index < -0.39 is 0 Å². The largest absolute Gasteiger partial charge is 0.456 e. The first-order chi connectivity index (χ1) is 68.4. The van der Waals surface area contributed by atoms with Gasteiger partial charge in [0.25, 0.3) is 0 Å². The number of para-hydroxylation sites is 5. The van der Waals surface area contributed by atoms with Crippen molar-refractivity contribution in [1.29, 1.82) is 0 Å². The molecule has 0 saturated heterocycles. The van der Waals surface area contributed by atoms with Crippen molar-refractivity contribution in [3.05, 3.63) is 510 Å². The van der Waals surface area contributed by atoms with Crippen molar-refractivity contribution in [3.63, 3.8) is 0 Å². The summed E-state index contributed by atoms with van der Waals surface area (Å²) in [6.45, 7) is 0. The van der Waals surface area contributed by atoms with Crippen LogP contribution in [0, 0.1) is 0 Å². The number of aromatic nitrogens is 4. The summed E-state index contributed by atoms with van der Waals surface area (Å²) in [5.41, 5.74) is 41.0. The maximum Gasteiger partial charge on any atom is 0.159 e. The van der Waals surface area contributed by atoms with Crippen molar-refractivity contribution in [1.82, 2.24) is 18.3 Å². The number of benzene rings is 22. The minimum Gasteiger partial charge on any atom is -0.456 e. The lowest BCUT2D eigenvalue weighted by atomic mass is 9.93. The van der Waals surface area contributed by atoms with Crippen LogP contribution in [-0.2, 0) is 0 Å². The van der Waals surface area contributed by atoms with Crippen LogP contribution in [0.4, 0.5) is 0 Å².